The van der Waals surface area contributed by atoms with Crippen LogP contribution in [0.25, 0.3) is 0 Å². The second kappa shape index (κ2) is 9.37. The summed E-state index contributed by atoms with van der Waals surface area (Å²) in [5, 5.41) is 3.19. The van der Waals surface area contributed by atoms with Gasteiger partial charge in [0.05, 0.1) is 18.3 Å². The van der Waals surface area contributed by atoms with Gasteiger partial charge < -0.3 is 20.0 Å². The number of amides is 2. The largest absolute Gasteiger partial charge is 0.368 e. The number of hydrogen-bond donors (Lipinski definition) is 1. The quantitative estimate of drug-likeness (QED) is 0.800. The van der Waals surface area contributed by atoms with Crippen LogP contribution in [0.1, 0.15) is 24.5 Å². The van der Waals surface area contributed by atoms with Gasteiger partial charge in [0.2, 0.25) is 11.8 Å². The number of rotatable bonds is 5. The van der Waals surface area contributed by atoms with Crippen LogP contribution in [0.2, 0.25) is 0 Å². The van der Waals surface area contributed by atoms with Crippen molar-refractivity contribution in [1.29, 1.82) is 0 Å². The average molecular weight is 422 g/mol. The summed E-state index contributed by atoms with van der Waals surface area (Å²) in [4.78, 5) is 34.8. The molecule has 2 saturated heterocycles. The van der Waals surface area contributed by atoms with Crippen LogP contribution in [-0.2, 0) is 16.0 Å². The number of nitrogens with one attached hydrogen (secondary N) is 1. The van der Waals surface area contributed by atoms with E-state index in [4.69, 9.17) is 0 Å². The van der Waals surface area contributed by atoms with Gasteiger partial charge in [-0.3, -0.25) is 14.6 Å². The lowest BCUT2D eigenvalue weighted by atomic mass is 10.1. The molecule has 0 unspecified atom stereocenters. The first-order chi connectivity index (χ1) is 15.0. The smallest absolute Gasteiger partial charge is 0.224 e. The highest BCUT2D eigenvalue weighted by molar-refractivity contribution is 5.79. The Labute approximate surface area is 184 Å². The molecule has 4 rings (SSSR count). The van der Waals surface area contributed by atoms with Crippen molar-refractivity contribution in [2.45, 2.75) is 32.7 Å². The maximum Gasteiger partial charge on any atom is 0.224 e. The van der Waals surface area contributed by atoms with Crippen LogP contribution in [0.5, 0.6) is 0 Å². The van der Waals surface area contributed by atoms with Crippen molar-refractivity contribution >= 4 is 23.2 Å². The number of aromatic nitrogens is 1. The van der Waals surface area contributed by atoms with Gasteiger partial charge in [0.15, 0.2) is 0 Å². The van der Waals surface area contributed by atoms with Gasteiger partial charge in [-0.1, -0.05) is 12.1 Å². The Hall–Kier alpha value is -3.09. The van der Waals surface area contributed by atoms with Crippen molar-refractivity contribution in [3.63, 3.8) is 0 Å². The maximum atomic E-state index is 12.6. The lowest BCUT2D eigenvalue weighted by Crippen LogP contribution is -2.48. The first-order valence-corrected chi connectivity index (χ1v) is 11.0. The predicted octanol–water partition coefficient (Wildman–Crippen LogP) is 2.00. The lowest BCUT2D eigenvalue weighted by Gasteiger charge is -2.35. The van der Waals surface area contributed by atoms with Gasteiger partial charge in [0.1, 0.15) is 0 Å². The molecule has 0 spiro atoms. The molecule has 2 aliphatic heterocycles. The zero-order valence-electron chi connectivity index (χ0n) is 18.4. The molecule has 0 bridgehead atoms. The fourth-order valence-electron chi connectivity index (χ4n) is 4.39. The van der Waals surface area contributed by atoms with Crippen molar-refractivity contribution < 1.29 is 9.59 Å². The van der Waals surface area contributed by atoms with Crippen LogP contribution in [-0.4, -0.2) is 67.0 Å². The Kier molecular flexibility index (Phi) is 6.39. The van der Waals surface area contributed by atoms with Gasteiger partial charge in [-0.05, 0) is 42.7 Å². The summed E-state index contributed by atoms with van der Waals surface area (Å²) in [6.45, 7) is 8.63. The Bertz CT molecular complexity index is 922. The number of hydrogen-bond acceptors (Lipinski definition) is 5. The molecular weight excluding hydrogens is 390 g/mol. The van der Waals surface area contributed by atoms with Crippen molar-refractivity contribution in [2.75, 3.05) is 49.1 Å². The molecule has 7 heteroatoms. The third kappa shape index (κ3) is 5.34. The molecule has 1 aromatic heterocycles. The molecule has 2 aliphatic rings. The van der Waals surface area contributed by atoms with Crippen LogP contribution in [0.15, 0.2) is 42.7 Å². The van der Waals surface area contributed by atoms with Crippen molar-refractivity contribution in [3.8, 4) is 0 Å². The van der Waals surface area contributed by atoms with Crippen LogP contribution >= 0.6 is 0 Å². The first-order valence-electron chi connectivity index (χ1n) is 11.0. The van der Waals surface area contributed by atoms with E-state index in [0.717, 1.165) is 68.2 Å². The number of aryl methyl sites for hydroxylation is 1. The van der Waals surface area contributed by atoms with Crippen LogP contribution in [0.4, 0.5) is 11.4 Å². The average Bonchev–Trinajstić information content (AvgIpc) is 3.23. The third-order valence-corrected chi connectivity index (χ3v) is 6.17. The topological polar surface area (TPSA) is 68.8 Å². The van der Waals surface area contributed by atoms with Crippen molar-refractivity contribution in [1.82, 2.24) is 15.2 Å². The summed E-state index contributed by atoms with van der Waals surface area (Å²) in [6, 6.07) is 10.5. The van der Waals surface area contributed by atoms with E-state index in [1.807, 2.05) is 36.4 Å². The summed E-state index contributed by atoms with van der Waals surface area (Å²) in [6.07, 6.45) is 5.08. The van der Waals surface area contributed by atoms with Crippen LogP contribution < -0.4 is 15.1 Å². The molecule has 2 aromatic rings. The minimum Gasteiger partial charge on any atom is -0.368 e. The highest BCUT2D eigenvalue weighted by atomic mass is 16.2. The van der Waals surface area contributed by atoms with E-state index in [1.165, 1.54) is 0 Å². The third-order valence-electron chi connectivity index (χ3n) is 6.17. The zero-order chi connectivity index (χ0) is 21.8. The SMILES string of the molecule is CC(=O)N1CCN(c2ccc(CC(=O)N[C@@H]3CCN(c4cncc(C)c4)C3)cc2)CC1. The van der Waals surface area contributed by atoms with Gasteiger partial charge in [-0.15, -0.1) is 0 Å². The van der Waals surface area contributed by atoms with E-state index in [9.17, 15) is 9.59 Å². The molecule has 0 saturated carbocycles. The standard InChI is InChI=1S/C24H31N5O2/c1-18-13-23(16-25-15-18)29-8-7-21(17-29)26-24(31)14-20-3-5-22(6-4-20)28-11-9-27(10-12-28)19(2)30/h3-6,13,15-16,21H,7-12,14,17H2,1-2H3,(H,26,31)/t21-/m1/s1. The molecule has 0 radical (unpaired) electrons. The molecule has 164 valence electrons. The van der Waals surface area contributed by atoms with E-state index >= 15 is 0 Å². The van der Waals surface area contributed by atoms with Gasteiger partial charge in [-0.25, -0.2) is 0 Å². The number of benzene rings is 1. The van der Waals surface area contributed by atoms with Gasteiger partial charge >= 0.3 is 0 Å². The zero-order valence-corrected chi connectivity index (χ0v) is 18.4. The summed E-state index contributed by atoms with van der Waals surface area (Å²) >= 11 is 0. The normalized spacial score (nSPS) is 18.9. The molecular formula is C24H31N5O2. The van der Waals surface area contributed by atoms with Crippen LogP contribution in [0.3, 0.4) is 0 Å². The first kappa shape index (κ1) is 21.2. The number of pyridine rings is 1. The summed E-state index contributed by atoms with van der Waals surface area (Å²) < 4.78 is 0. The predicted molar refractivity (Wildman–Crippen MR) is 122 cm³/mol. The molecule has 1 atom stereocenters. The lowest BCUT2D eigenvalue weighted by molar-refractivity contribution is -0.129. The number of carbonyl (C=O) groups is 2. The highest BCUT2D eigenvalue weighted by Crippen LogP contribution is 2.21. The molecule has 0 aliphatic carbocycles. The minimum atomic E-state index is 0.0667. The number of piperazine rings is 1. The number of carbonyl (C=O) groups excluding carboxylic acids is 2. The fraction of sp³-hybridized carbons (Fsp3) is 0.458. The summed E-state index contributed by atoms with van der Waals surface area (Å²) in [5.74, 6) is 0.207. The van der Waals surface area contributed by atoms with E-state index in [2.05, 4.69) is 38.3 Å². The number of anilines is 2. The second-order valence-electron chi connectivity index (χ2n) is 8.56. The van der Waals surface area contributed by atoms with E-state index < -0.39 is 0 Å². The molecule has 7 nitrogen and oxygen atoms in total. The fourth-order valence-corrected chi connectivity index (χ4v) is 4.39. The van der Waals surface area contributed by atoms with Crippen LogP contribution in [0, 0.1) is 6.92 Å². The Morgan fingerprint density at radius 1 is 1.00 bits per heavy atom. The Morgan fingerprint density at radius 2 is 1.74 bits per heavy atom. The summed E-state index contributed by atoms with van der Waals surface area (Å²) in [7, 11) is 0. The molecule has 1 aromatic carbocycles. The highest BCUT2D eigenvalue weighted by Gasteiger charge is 2.24. The van der Waals surface area contributed by atoms with E-state index in [-0.39, 0.29) is 17.9 Å². The Balaban J connectivity index is 1.25. The van der Waals surface area contributed by atoms with E-state index in [0.29, 0.717) is 6.42 Å². The van der Waals surface area contributed by atoms with Gasteiger partial charge in [0.25, 0.3) is 0 Å². The van der Waals surface area contributed by atoms with Gasteiger partial charge in [0, 0.05) is 64.1 Å². The Morgan fingerprint density at radius 3 is 2.42 bits per heavy atom. The molecule has 2 fully saturated rings. The summed E-state index contributed by atoms with van der Waals surface area (Å²) in [5.41, 5.74) is 4.43. The minimum absolute atomic E-state index is 0.0667. The van der Waals surface area contributed by atoms with E-state index in [1.54, 1.807) is 6.92 Å². The number of nitrogens with zero attached hydrogens (tertiary/aromatic N) is 4. The molecule has 1 N–H and O–H groups in total. The van der Waals surface area contributed by atoms with Crippen molar-refractivity contribution in [2.24, 2.45) is 0 Å². The monoisotopic (exact) mass is 421 g/mol. The second-order valence-corrected chi connectivity index (χ2v) is 8.56. The van der Waals surface area contributed by atoms with Crippen molar-refractivity contribution in [3.05, 3.63) is 53.9 Å². The molecule has 3 heterocycles. The maximum absolute atomic E-state index is 12.6. The molecule has 31 heavy (non-hydrogen) atoms. The molecule has 2 amide bonds. The van der Waals surface area contributed by atoms with Gasteiger partial charge in [-0.2, -0.15) is 0 Å².